The van der Waals surface area contributed by atoms with Crippen LogP contribution in [-0.4, -0.2) is 242 Å². The van der Waals surface area contributed by atoms with Crippen molar-refractivity contribution >= 4 is 92.8 Å². The Bertz CT molecular complexity index is 3180. The number of rotatable bonds is 8. The molecular formula is C62H80N12O16. The van der Waals surface area contributed by atoms with Crippen LogP contribution in [0.5, 0.6) is 11.5 Å². The number of esters is 2. The first-order valence-corrected chi connectivity index (χ1v) is 29.8. The van der Waals surface area contributed by atoms with E-state index >= 15 is 0 Å². The maximum Gasteiger partial charge on any atom is 0.329 e. The molecule has 4 unspecified atom stereocenters. The van der Waals surface area contributed by atoms with Gasteiger partial charge in [-0.3, -0.25) is 47.9 Å². The van der Waals surface area contributed by atoms with Gasteiger partial charge in [0.1, 0.15) is 49.5 Å². The molecule has 0 radical (unpaired) electrons. The molecule has 10 amide bonds. The van der Waals surface area contributed by atoms with Gasteiger partial charge in [-0.25, -0.2) is 19.6 Å². The molecule has 28 heteroatoms. The Morgan fingerprint density at radius 3 is 1.27 bits per heavy atom. The number of aromatic nitrogens is 2. The number of para-hydroxylation sites is 2. The van der Waals surface area contributed by atoms with Crippen LogP contribution in [0, 0.1) is 11.8 Å². The molecule has 0 spiro atoms. The Balaban J connectivity index is 1.18. The van der Waals surface area contributed by atoms with Crippen molar-refractivity contribution in [3.8, 4) is 11.5 Å². The first kappa shape index (κ1) is 68.0. The highest BCUT2D eigenvalue weighted by atomic mass is 16.5. The SMILES string of the molecule is COc1cc2ccccc2nc1C(=O)NC1COC(=O)C(C(C)C)N(C)C(=O)CN(C)C(=O)CNC(=O)[C@@H]2CCCCN2C(=O)C(NC(=O)c2nc3ccccc3cc2OC)COC(=O)C(C(C)C)N(C)C(=O)CN(C)C(=O)CNC(=O)[C@@H]2CCCCN2C1=O. The third-order valence-corrected chi connectivity index (χ3v) is 16.2. The summed E-state index contributed by atoms with van der Waals surface area (Å²) < 4.78 is 22.7. The van der Waals surface area contributed by atoms with E-state index in [2.05, 4.69) is 31.2 Å². The fourth-order valence-corrected chi connectivity index (χ4v) is 11.2. The van der Waals surface area contributed by atoms with Gasteiger partial charge in [0.2, 0.25) is 47.3 Å². The van der Waals surface area contributed by atoms with Crippen molar-refractivity contribution < 1.29 is 76.5 Å². The van der Waals surface area contributed by atoms with Crippen molar-refractivity contribution in [3.05, 3.63) is 72.1 Å². The van der Waals surface area contributed by atoms with E-state index in [1.807, 2.05) is 0 Å². The van der Waals surface area contributed by atoms with E-state index < -0.39 is 158 Å². The highest BCUT2D eigenvalue weighted by Gasteiger charge is 2.42. The first-order chi connectivity index (χ1) is 42.8. The summed E-state index contributed by atoms with van der Waals surface area (Å²) in [6.45, 7) is 2.50. The van der Waals surface area contributed by atoms with Crippen LogP contribution < -0.4 is 30.7 Å². The van der Waals surface area contributed by atoms with Crippen molar-refractivity contribution in [2.45, 2.75) is 102 Å². The van der Waals surface area contributed by atoms with Gasteiger partial charge in [0.15, 0.2) is 22.9 Å². The van der Waals surface area contributed by atoms with Crippen LogP contribution >= 0.6 is 0 Å². The molecule has 5 heterocycles. The lowest BCUT2D eigenvalue weighted by atomic mass is 10.00. The summed E-state index contributed by atoms with van der Waals surface area (Å²) in [5.41, 5.74) is 0.426. The van der Waals surface area contributed by atoms with E-state index in [0.29, 0.717) is 47.5 Å². The molecule has 3 aliphatic heterocycles. The van der Waals surface area contributed by atoms with Crippen molar-refractivity contribution in [2.75, 3.05) is 94.9 Å². The van der Waals surface area contributed by atoms with Gasteiger partial charge in [-0.2, -0.15) is 0 Å². The number of hydrogen-bond donors (Lipinski definition) is 4. The van der Waals surface area contributed by atoms with Crippen LogP contribution in [0.15, 0.2) is 60.7 Å². The zero-order chi connectivity index (χ0) is 65.7. The maximum absolute atomic E-state index is 14.9. The lowest BCUT2D eigenvalue weighted by molar-refractivity contribution is -0.159. The Kier molecular flexibility index (Phi) is 23.1. The largest absolute Gasteiger partial charge is 0.494 e. The van der Waals surface area contributed by atoms with Gasteiger partial charge >= 0.3 is 11.9 Å². The Hall–Kier alpha value is -9.50. The number of methoxy groups -OCH3 is 2. The quantitative estimate of drug-likeness (QED) is 0.176. The Morgan fingerprint density at radius 2 is 0.911 bits per heavy atom. The minimum Gasteiger partial charge on any atom is -0.494 e. The second-order valence-electron chi connectivity index (χ2n) is 23.2. The number of carbonyl (C=O) groups excluding carboxylic acids is 12. The smallest absolute Gasteiger partial charge is 0.329 e. The van der Waals surface area contributed by atoms with E-state index in [0.717, 1.165) is 19.6 Å². The number of nitrogens with zero attached hydrogens (tertiary/aromatic N) is 8. The van der Waals surface area contributed by atoms with E-state index in [1.54, 1.807) is 88.4 Å². The molecule has 90 heavy (non-hydrogen) atoms. The van der Waals surface area contributed by atoms with Gasteiger partial charge in [0.25, 0.3) is 11.8 Å². The van der Waals surface area contributed by atoms with Gasteiger partial charge in [0.05, 0.1) is 51.4 Å². The number of nitrogens with one attached hydrogen (secondary N) is 4. The van der Waals surface area contributed by atoms with Gasteiger partial charge in [-0.05, 0) is 74.6 Å². The summed E-state index contributed by atoms with van der Waals surface area (Å²) in [6, 6.07) is 8.65. The number of pyridine rings is 2. The van der Waals surface area contributed by atoms with Gasteiger partial charge < -0.3 is 69.6 Å². The summed E-state index contributed by atoms with van der Waals surface area (Å²) in [5, 5.41) is 11.7. The minimum atomic E-state index is -1.67. The number of carbonyl (C=O) groups is 12. The minimum absolute atomic E-state index is 0.00729. The lowest BCUT2D eigenvalue weighted by Crippen LogP contribution is -2.59. The highest BCUT2D eigenvalue weighted by Crippen LogP contribution is 2.27. The second kappa shape index (κ2) is 30.6. The van der Waals surface area contributed by atoms with E-state index in [-0.39, 0.29) is 48.8 Å². The number of fused-ring (bicyclic) bond motifs is 4. The molecule has 0 aliphatic carbocycles. The number of piperidine rings is 2. The average molecular weight is 1250 g/mol. The highest BCUT2D eigenvalue weighted by molar-refractivity contribution is 6.03. The molecule has 3 fully saturated rings. The Labute approximate surface area is 520 Å². The van der Waals surface area contributed by atoms with Crippen LogP contribution in [0.2, 0.25) is 0 Å². The van der Waals surface area contributed by atoms with Crippen LogP contribution in [0.4, 0.5) is 0 Å². The fraction of sp³-hybridized carbons (Fsp3) is 0.516. The van der Waals surface area contributed by atoms with Crippen LogP contribution in [0.25, 0.3) is 21.8 Å². The predicted octanol–water partition coefficient (Wildman–Crippen LogP) is 0.675. The summed E-state index contributed by atoms with van der Waals surface area (Å²) >= 11 is 0. The standard InChI is InChI=1S/C62H80N12O16/c1-35(2)53-61(85)89-33-41(67-57(81)51-45(87-9)27-37-19-11-13-21-39(37)65-51)59(83)73-25-17-15-23-43(73)55(79)64-30-48(76)70(6)32-50(78)72(8)54(36(3)4)62(86)90-34-42(68-58(82)52-46(88-10)28-38-20-12-14-22-40(38)66-52)60(84)74-26-18-16-24-44(74)56(80)63-29-47(75)69(5)31-49(77)71(53)7/h11-14,19-22,27-28,35-36,41-44,53-54H,15-18,23-26,29-34H2,1-10H3,(H,63,80)(H,64,79)(H,67,81)(H,68,82)/t41?,42?,43-,44-,53?,54?/m0/s1. The van der Waals surface area contributed by atoms with E-state index in [9.17, 15) is 57.5 Å². The monoisotopic (exact) mass is 1250 g/mol. The van der Waals surface area contributed by atoms with Crippen molar-refractivity contribution in [2.24, 2.45) is 11.8 Å². The van der Waals surface area contributed by atoms with Crippen molar-refractivity contribution in [1.82, 2.24) is 60.6 Å². The van der Waals surface area contributed by atoms with Crippen LogP contribution in [-0.2, 0) is 57.4 Å². The van der Waals surface area contributed by atoms with Crippen molar-refractivity contribution in [3.63, 3.8) is 0 Å². The third kappa shape index (κ3) is 16.2. The van der Waals surface area contributed by atoms with Gasteiger partial charge in [-0.15, -0.1) is 0 Å². The molecule has 6 atom stereocenters. The fourth-order valence-electron chi connectivity index (χ4n) is 11.2. The normalized spacial score (nSPS) is 22.7. The number of amides is 10. The molecule has 0 saturated carbocycles. The summed E-state index contributed by atoms with van der Waals surface area (Å²) in [7, 11) is 7.92. The van der Waals surface area contributed by atoms with E-state index in [1.165, 1.54) is 52.2 Å². The zero-order valence-corrected chi connectivity index (χ0v) is 52.4. The Morgan fingerprint density at radius 1 is 0.544 bits per heavy atom. The van der Waals surface area contributed by atoms with Crippen molar-refractivity contribution in [1.29, 1.82) is 0 Å². The summed E-state index contributed by atoms with van der Waals surface area (Å²) in [6.07, 6.45) is 2.07. The van der Waals surface area contributed by atoms with Crippen LogP contribution in [0.3, 0.4) is 0 Å². The average Bonchev–Trinajstić information content (AvgIpc) is 1.53. The molecular weight excluding hydrogens is 1170 g/mol. The van der Waals surface area contributed by atoms with Crippen LogP contribution in [0.1, 0.15) is 87.2 Å². The molecule has 4 aromatic rings. The number of ether oxygens (including phenoxy) is 4. The molecule has 0 bridgehead atoms. The summed E-state index contributed by atoms with van der Waals surface area (Å²) in [4.78, 5) is 186. The molecule has 4 N–H and O–H groups in total. The predicted molar refractivity (Wildman–Crippen MR) is 324 cm³/mol. The van der Waals surface area contributed by atoms with Gasteiger partial charge in [0, 0.05) is 52.1 Å². The number of hydrogen-bond acceptors (Lipinski definition) is 18. The number of benzene rings is 2. The number of likely N-dealkylation sites (N-methyl/N-ethyl adjacent to an activating group) is 4. The maximum atomic E-state index is 14.9. The number of cyclic esters (lactones) is 2. The summed E-state index contributed by atoms with van der Waals surface area (Å²) in [5.74, 6) is -11.0. The first-order valence-electron chi connectivity index (χ1n) is 29.8. The lowest BCUT2D eigenvalue weighted by Gasteiger charge is -2.37. The van der Waals surface area contributed by atoms with Gasteiger partial charge in [-0.1, -0.05) is 64.1 Å². The second-order valence-corrected chi connectivity index (χ2v) is 23.2. The molecule has 7 rings (SSSR count). The topological polar surface area (TPSA) is 335 Å². The molecule has 2 aromatic carbocycles. The van der Waals surface area contributed by atoms with E-state index in [4.69, 9.17) is 18.9 Å². The molecule has 484 valence electrons. The zero-order valence-electron chi connectivity index (χ0n) is 52.4. The molecule has 3 aliphatic rings. The molecule has 2 aromatic heterocycles. The molecule has 28 nitrogen and oxygen atoms in total. The third-order valence-electron chi connectivity index (χ3n) is 16.2. The molecule has 3 saturated heterocycles.